The molecule has 4 nitrogen and oxygen atoms in total. The summed E-state index contributed by atoms with van der Waals surface area (Å²) >= 11 is 0. The van der Waals surface area contributed by atoms with Crippen LogP contribution < -0.4 is 5.32 Å². The molecule has 84 valence electrons. The molecular formula is C12H16N4. The van der Waals surface area contributed by atoms with Crippen molar-refractivity contribution in [3.63, 3.8) is 0 Å². The second-order valence-electron chi connectivity index (χ2n) is 4.38. The number of imidazole rings is 1. The fourth-order valence-corrected chi connectivity index (χ4v) is 2.53. The van der Waals surface area contributed by atoms with Gasteiger partial charge in [0, 0.05) is 18.8 Å². The van der Waals surface area contributed by atoms with Crippen LogP contribution in [0.4, 0.5) is 0 Å². The Balaban J connectivity index is 2.10. The van der Waals surface area contributed by atoms with Gasteiger partial charge in [0.1, 0.15) is 11.3 Å². The van der Waals surface area contributed by atoms with Crippen molar-refractivity contribution in [1.29, 1.82) is 0 Å². The van der Waals surface area contributed by atoms with Crippen LogP contribution in [0.1, 0.15) is 24.7 Å². The highest BCUT2D eigenvalue weighted by molar-refractivity contribution is 5.71. The average Bonchev–Trinajstić information content (AvgIpc) is 2.66. The summed E-state index contributed by atoms with van der Waals surface area (Å²) in [5.41, 5.74) is 2.03. The summed E-state index contributed by atoms with van der Waals surface area (Å²) < 4.78 is 2.28. The third-order valence-electron chi connectivity index (χ3n) is 3.26. The van der Waals surface area contributed by atoms with Gasteiger partial charge in [-0.05, 0) is 38.4 Å². The highest BCUT2D eigenvalue weighted by atomic mass is 15.2. The summed E-state index contributed by atoms with van der Waals surface area (Å²) in [7, 11) is 0. The molecule has 1 aliphatic rings. The predicted molar refractivity (Wildman–Crippen MR) is 63.4 cm³/mol. The van der Waals surface area contributed by atoms with E-state index in [1.54, 1.807) is 0 Å². The van der Waals surface area contributed by atoms with Crippen LogP contribution in [0.2, 0.25) is 0 Å². The fourth-order valence-electron chi connectivity index (χ4n) is 2.53. The molecule has 4 heteroatoms. The van der Waals surface area contributed by atoms with Gasteiger partial charge in [0.05, 0.1) is 0 Å². The molecule has 0 bridgehead atoms. The number of aromatic nitrogens is 3. The molecule has 0 saturated carbocycles. The number of aryl methyl sites for hydroxylation is 1. The lowest BCUT2D eigenvalue weighted by Gasteiger charge is -2.25. The summed E-state index contributed by atoms with van der Waals surface area (Å²) in [6.45, 7) is 4.23. The summed E-state index contributed by atoms with van der Waals surface area (Å²) in [4.78, 5) is 9.01. The van der Waals surface area contributed by atoms with Gasteiger partial charge in [-0.2, -0.15) is 0 Å². The van der Waals surface area contributed by atoms with Crippen molar-refractivity contribution < 1.29 is 0 Å². The SMILES string of the molecule is Cc1nc2cccnc2n1C1CCCNC1. The number of nitrogens with one attached hydrogen (secondary N) is 1. The Labute approximate surface area is 94.7 Å². The minimum absolute atomic E-state index is 0.508. The molecule has 2 aromatic heterocycles. The van der Waals surface area contributed by atoms with Crippen LogP contribution in [-0.4, -0.2) is 27.6 Å². The number of fused-ring (bicyclic) bond motifs is 1. The van der Waals surface area contributed by atoms with E-state index in [1.807, 2.05) is 18.3 Å². The van der Waals surface area contributed by atoms with E-state index < -0.39 is 0 Å². The van der Waals surface area contributed by atoms with Crippen molar-refractivity contribution in [2.75, 3.05) is 13.1 Å². The first-order valence-corrected chi connectivity index (χ1v) is 5.86. The van der Waals surface area contributed by atoms with Crippen LogP contribution in [-0.2, 0) is 0 Å². The monoisotopic (exact) mass is 216 g/mol. The molecule has 1 unspecified atom stereocenters. The van der Waals surface area contributed by atoms with Crippen LogP contribution in [0.5, 0.6) is 0 Å². The summed E-state index contributed by atoms with van der Waals surface area (Å²) in [6.07, 6.45) is 4.29. The molecule has 0 amide bonds. The number of piperidine rings is 1. The quantitative estimate of drug-likeness (QED) is 0.788. The molecule has 1 aliphatic heterocycles. The molecule has 2 aromatic rings. The fraction of sp³-hybridized carbons (Fsp3) is 0.500. The second-order valence-corrected chi connectivity index (χ2v) is 4.38. The van der Waals surface area contributed by atoms with Gasteiger partial charge in [-0.3, -0.25) is 0 Å². The number of hydrogen-bond acceptors (Lipinski definition) is 3. The van der Waals surface area contributed by atoms with E-state index in [0.717, 1.165) is 30.1 Å². The Bertz CT molecular complexity index is 497. The number of pyridine rings is 1. The lowest BCUT2D eigenvalue weighted by molar-refractivity contribution is 0.372. The standard InChI is InChI=1S/C12H16N4/c1-9-15-11-5-3-7-14-12(11)16(9)10-4-2-6-13-8-10/h3,5,7,10,13H,2,4,6,8H2,1H3. The van der Waals surface area contributed by atoms with Gasteiger partial charge >= 0.3 is 0 Å². The first-order valence-electron chi connectivity index (χ1n) is 5.86. The molecule has 1 atom stereocenters. The van der Waals surface area contributed by atoms with Crippen molar-refractivity contribution in [2.24, 2.45) is 0 Å². The Morgan fingerprint density at radius 1 is 1.50 bits per heavy atom. The maximum atomic E-state index is 4.56. The Morgan fingerprint density at radius 3 is 3.25 bits per heavy atom. The number of hydrogen-bond donors (Lipinski definition) is 1. The Morgan fingerprint density at radius 2 is 2.44 bits per heavy atom. The van der Waals surface area contributed by atoms with E-state index in [4.69, 9.17) is 0 Å². The lowest BCUT2D eigenvalue weighted by Crippen LogP contribution is -2.32. The highest BCUT2D eigenvalue weighted by Gasteiger charge is 2.19. The molecule has 3 heterocycles. The number of rotatable bonds is 1. The van der Waals surface area contributed by atoms with Gasteiger partial charge < -0.3 is 9.88 Å². The van der Waals surface area contributed by atoms with Gasteiger partial charge in [-0.15, -0.1) is 0 Å². The van der Waals surface area contributed by atoms with Crippen LogP contribution in [0.3, 0.4) is 0 Å². The van der Waals surface area contributed by atoms with E-state index in [1.165, 1.54) is 12.8 Å². The van der Waals surface area contributed by atoms with E-state index >= 15 is 0 Å². The predicted octanol–water partition coefficient (Wildman–Crippen LogP) is 1.66. The smallest absolute Gasteiger partial charge is 0.160 e. The van der Waals surface area contributed by atoms with Gasteiger partial charge in [0.15, 0.2) is 5.65 Å². The van der Waals surface area contributed by atoms with E-state index in [-0.39, 0.29) is 0 Å². The van der Waals surface area contributed by atoms with E-state index in [2.05, 4.69) is 26.8 Å². The molecule has 0 aliphatic carbocycles. The minimum atomic E-state index is 0.508. The van der Waals surface area contributed by atoms with Gasteiger partial charge in [-0.25, -0.2) is 9.97 Å². The molecule has 1 fully saturated rings. The molecular weight excluding hydrogens is 200 g/mol. The normalized spacial score (nSPS) is 21.4. The maximum Gasteiger partial charge on any atom is 0.160 e. The van der Waals surface area contributed by atoms with Crippen molar-refractivity contribution in [1.82, 2.24) is 19.9 Å². The van der Waals surface area contributed by atoms with Crippen molar-refractivity contribution >= 4 is 11.2 Å². The topological polar surface area (TPSA) is 42.7 Å². The van der Waals surface area contributed by atoms with Gasteiger partial charge in [0.25, 0.3) is 0 Å². The van der Waals surface area contributed by atoms with Gasteiger partial charge in [-0.1, -0.05) is 0 Å². The molecule has 0 spiro atoms. The summed E-state index contributed by atoms with van der Waals surface area (Å²) in [5, 5.41) is 3.44. The second kappa shape index (κ2) is 3.87. The Hall–Kier alpha value is -1.42. The molecule has 0 aromatic carbocycles. The molecule has 16 heavy (non-hydrogen) atoms. The zero-order chi connectivity index (χ0) is 11.0. The summed E-state index contributed by atoms with van der Waals surface area (Å²) in [6, 6.07) is 4.48. The zero-order valence-electron chi connectivity index (χ0n) is 9.48. The third kappa shape index (κ3) is 1.50. The van der Waals surface area contributed by atoms with Crippen LogP contribution in [0.25, 0.3) is 11.2 Å². The molecule has 0 radical (unpaired) electrons. The van der Waals surface area contributed by atoms with Crippen LogP contribution >= 0.6 is 0 Å². The van der Waals surface area contributed by atoms with Crippen LogP contribution in [0, 0.1) is 6.92 Å². The maximum absolute atomic E-state index is 4.56. The molecule has 3 rings (SSSR count). The van der Waals surface area contributed by atoms with E-state index in [0.29, 0.717) is 6.04 Å². The number of nitrogens with zero attached hydrogens (tertiary/aromatic N) is 3. The lowest BCUT2D eigenvalue weighted by atomic mass is 10.1. The van der Waals surface area contributed by atoms with Crippen molar-refractivity contribution in [2.45, 2.75) is 25.8 Å². The van der Waals surface area contributed by atoms with Crippen LogP contribution in [0.15, 0.2) is 18.3 Å². The first-order chi connectivity index (χ1) is 7.86. The Kier molecular flexibility index (Phi) is 2.36. The van der Waals surface area contributed by atoms with Gasteiger partial charge in [0.2, 0.25) is 0 Å². The molecule has 1 N–H and O–H groups in total. The van der Waals surface area contributed by atoms with Crippen molar-refractivity contribution in [3.05, 3.63) is 24.2 Å². The summed E-state index contributed by atoms with van der Waals surface area (Å²) in [5.74, 6) is 1.07. The van der Waals surface area contributed by atoms with Crippen molar-refractivity contribution in [3.8, 4) is 0 Å². The third-order valence-corrected chi connectivity index (χ3v) is 3.26. The highest BCUT2D eigenvalue weighted by Crippen LogP contribution is 2.23. The van der Waals surface area contributed by atoms with E-state index in [9.17, 15) is 0 Å². The zero-order valence-corrected chi connectivity index (χ0v) is 9.48. The average molecular weight is 216 g/mol. The molecule has 1 saturated heterocycles. The largest absolute Gasteiger partial charge is 0.315 e. The first kappa shape index (κ1) is 9.78. The minimum Gasteiger partial charge on any atom is -0.315 e.